The number of nitrogens with one attached hydrogen (secondary N) is 1. The second kappa shape index (κ2) is 8.94. The highest BCUT2D eigenvalue weighted by Gasteiger charge is 2.12. The Morgan fingerprint density at radius 2 is 1.88 bits per heavy atom. The van der Waals surface area contributed by atoms with Gasteiger partial charge in [-0.2, -0.15) is 4.98 Å². The van der Waals surface area contributed by atoms with Crippen LogP contribution in [0.4, 0.5) is 5.69 Å². The van der Waals surface area contributed by atoms with Crippen molar-refractivity contribution in [1.29, 1.82) is 0 Å². The van der Waals surface area contributed by atoms with Gasteiger partial charge in [0.15, 0.2) is 5.82 Å². The molecule has 2 aromatic heterocycles. The van der Waals surface area contributed by atoms with Crippen molar-refractivity contribution in [2.75, 3.05) is 38.2 Å². The Morgan fingerprint density at radius 1 is 1.06 bits per heavy atom. The number of amides is 1. The van der Waals surface area contributed by atoms with Gasteiger partial charge in [-0.15, -0.1) is 0 Å². The van der Waals surface area contributed by atoms with E-state index in [4.69, 9.17) is 9.26 Å². The molecule has 164 valence electrons. The number of aromatic nitrogens is 3. The zero-order chi connectivity index (χ0) is 21.9. The Bertz CT molecular complexity index is 1220. The van der Waals surface area contributed by atoms with E-state index in [0.29, 0.717) is 17.3 Å². The molecule has 1 aliphatic heterocycles. The van der Waals surface area contributed by atoms with E-state index in [1.807, 2.05) is 12.1 Å². The Labute approximate surface area is 185 Å². The van der Waals surface area contributed by atoms with Crippen molar-refractivity contribution in [3.8, 4) is 11.5 Å². The van der Waals surface area contributed by atoms with Gasteiger partial charge in [-0.25, -0.2) is 0 Å². The first-order chi connectivity index (χ1) is 15.7. The summed E-state index contributed by atoms with van der Waals surface area (Å²) in [7, 11) is 0. The lowest BCUT2D eigenvalue weighted by Crippen LogP contribution is -2.38. The third-order valence-electron chi connectivity index (χ3n) is 5.71. The number of morpholine rings is 1. The van der Waals surface area contributed by atoms with Gasteiger partial charge in [-0.3, -0.25) is 9.69 Å². The number of carbonyl (C=O) groups is 1. The second-order valence-electron chi connectivity index (χ2n) is 7.91. The van der Waals surface area contributed by atoms with Gasteiger partial charge in [-0.1, -0.05) is 5.16 Å². The minimum absolute atomic E-state index is 0.163. The SMILES string of the molecule is Cc1noc(-c2ccc(C(=O)Nc3ccc4c(ccn4CCN4CCOCC4)c3)cc2)n1. The monoisotopic (exact) mass is 431 g/mol. The lowest BCUT2D eigenvalue weighted by Gasteiger charge is -2.26. The second-order valence-corrected chi connectivity index (χ2v) is 7.91. The molecule has 1 N–H and O–H groups in total. The van der Waals surface area contributed by atoms with E-state index in [0.717, 1.165) is 61.5 Å². The van der Waals surface area contributed by atoms with Crippen LogP contribution in [0.3, 0.4) is 0 Å². The van der Waals surface area contributed by atoms with Crippen LogP contribution < -0.4 is 5.32 Å². The maximum Gasteiger partial charge on any atom is 0.257 e. The molecule has 0 saturated carbocycles. The fraction of sp³-hybridized carbons (Fsp3) is 0.292. The molecule has 0 bridgehead atoms. The molecule has 1 aliphatic rings. The highest BCUT2D eigenvalue weighted by atomic mass is 16.5. The highest BCUT2D eigenvalue weighted by Crippen LogP contribution is 2.22. The van der Waals surface area contributed by atoms with Crippen LogP contribution in [0.1, 0.15) is 16.2 Å². The van der Waals surface area contributed by atoms with Crippen LogP contribution in [0.2, 0.25) is 0 Å². The van der Waals surface area contributed by atoms with Crippen molar-refractivity contribution < 1.29 is 14.1 Å². The Balaban J connectivity index is 1.24. The molecule has 5 rings (SSSR count). The summed E-state index contributed by atoms with van der Waals surface area (Å²) in [5, 5.41) is 7.88. The van der Waals surface area contributed by atoms with Gasteiger partial charge in [0.05, 0.1) is 13.2 Å². The molecule has 0 atom stereocenters. The number of anilines is 1. The molecule has 1 fully saturated rings. The predicted molar refractivity (Wildman–Crippen MR) is 122 cm³/mol. The van der Waals surface area contributed by atoms with Crippen LogP contribution in [0, 0.1) is 6.92 Å². The number of nitrogens with zero attached hydrogens (tertiary/aromatic N) is 4. The predicted octanol–water partition coefficient (Wildman–Crippen LogP) is 3.58. The van der Waals surface area contributed by atoms with Crippen molar-refractivity contribution in [2.24, 2.45) is 0 Å². The van der Waals surface area contributed by atoms with E-state index in [1.165, 1.54) is 0 Å². The van der Waals surface area contributed by atoms with E-state index >= 15 is 0 Å². The molecule has 0 spiro atoms. The molecule has 0 unspecified atom stereocenters. The van der Waals surface area contributed by atoms with Crippen molar-refractivity contribution in [3.63, 3.8) is 0 Å². The minimum atomic E-state index is -0.163. The van der Waals surface area contributed by atoms with E-state index in [2.05, 4.69) is 43.3 Å². The van der Waals surface area contributed by atoms with Gasteiger partial charge in [0.2, 0.25) is 0 Å². The third-order valence-corrected chi connectivity index (χ3v) is 5.71. The minimum Gasteiger partial charge on any atom is -0.379 e. The molecule has 0 radical (unpaired) electrons. The largest absolute Gasteiger partial charge is 0.379 e. The van der Waals surface area contributed by atoms with Gasteiger partial charge in [0.25, 0.3) is 11.8 Å². The number of hydrogen-bond donors (Lipinski definition) is 1. The summed E-state index contributed by atoms with van der Waals surface area (Å²) >= 11 is 0. The Morgan fingerprint density at radius 3 is 2.62 bits per heavy atom. The summed E-state index contributed by atoms with van der Waals surface area (Å²) < 4.78 is 12.8. The molecular formula is C24H25N5O3. The van der Waals surface area contributed by atoms with Gasteiger partial charge in [0.1, 0.15) is 0 Å². The lowest BCUT2D eigenvalue weighted by molar-refractivity contribution is 0.0365. The van der Waals surface area contributed by atoms with Crippen LogP contribution in [0.5, 0.6) is 0 Å². The van der Waals surface area contributed by atoms with Gasteiger partial charge in [0, 0.05) is 60.1 Å². The number of rotatable bonds is 6. The quantitative estimate of drug-likeness (QED) is 0.502. The first kappa shape index (κ1) is 20.4. The highest BCUT2D eigenvalue weighted by molar-refractivity contribution is 6.05. The van der Waals surface area contributed by atoms with Gasteiger partial charge >= 0.3 is 0 Å². The summed E-state index contributed by atoms with van der Waals surface area (Å²) in [5.74, 6) is 0.856. The van der Waals surface area contributed by atoms with Crippen LogP contribution in [0.25, 0.3) is 22.4 Å². The summed E-state index contributed by atoms with van der Waals surface area (Å²) in [4.78, 5) is 19.3. The Hall–Kier alpha value is -3.49. The summed E-state index contributed by atoms with van der Waals surface area (Å²) in [6.45, 7) is 7.31. The Kier molecular flexibility index (Phi) is 5.70. The average molecular weight is 431 g/mol. The summed E-state index contributed by atoms with van der Waals surface area (Å²) in [6.07, 6.45) is 2.11. The van der Waals surface area contributed by atoms with Gasteiger partial charge < -0.3 is 19.1 Å². The fourth-order valence-electron chi connectivity index (χ4n) is 3.93. The summed E-state index contributed by atoms with van der Waals surface area (Å²) in [6, 6.07) is 15.2. The number of ether oxygens (including phenoxy) is 1. The average Bonchev–Trinajstić information content (AvgIpc) is 3.44. The van der Waals surface area contributed by atoms with Crippen molar-refractivity contribution in [1.82, 2.24) is 19.6 Å². The topological polar surface area (TPSA) is 85.4 Å². The van der Waals surface area contributed by atoms with E-state index in [-0.39, 0.29) is 5.91 Å². The zero-order valence-corrected chi connectivity index (χ0v) is 18.0. The van der Waals surface area contributed by atoms with Crippen molar-refractivity contribution in [3.05, 3.63) is 66.1 Å². The van der Waals surface area contributed by atoms with Crippen LogP contribution in [-0.4, -0.2) is 58.4 Å². The van der Waals surface area contributed by atoms with E-state index in [1.54, 1.807) is 31.2 Å². The first-order valence-electron chi connectivity index (χ1n) is 10.8. The maximum absolute atomic E-state index is 12.7. The normalized spacial score (nSPS) is 14.7. The van der Waals surface area contributed by atoms with Crippen molar-refractivity contribution in [2.45, 2.75) is 13.5 Å². The van der Waals surface area contributed by atoms with Crippen molar-refractivity contribution >= 4 is 22.5 Å². The number of benzene rings is 2. The molecule has 3 heterocycles. The van der Waals surface area contributed by atoms with E-state index in [9.17, 15) is 4.79 Å². The molecular weight excluding hydrogens is 406 g/mol. The van der Waals surface area contributed by atoms with Crippen LogP contribution >= 0.6 is 0 Å². The zero-order valence-electron chi connectivity index (χ0n) is 18.0. The number of carbonyl (C=O) groups excluding carboxylic acids is 1. The number of fused-ring (bicyclic) bond motifs is 1. The van der Waals surface area contributed by atoms with Crippen LogP contribution in [0.15, 0.2) is 59.3 Å². The standard InChI is InChI=1S/C24H25N5O3/c1-17-25-24(32-27-17)19-4-2-18(3-5-19)23(30)26-21-6-7-22-20(16-21)8-9-29(22)11-10-28-12-14-31-15-13-28/h2-9,16H,10-15H2,1H3,(H,26,30). The lowest BCUT2D eigenvalue weighted by atomic mass is 10.1. The number of hydrogen-bond acceptors (Lipinski definition) is 6. The van der Waals surface area contributed by atoms with E-state index < -0.39 is 0 Å². The first-order valence-corrected chi connectivity index (χ1v) is 10.8. The number of aryl methyl sites for hydroxylation is 1. The third kappa shape index (κ3) is 4.42. The summed E-state index contributed by atoms with van der Waals surface area (Å²) in [5.41, 5.74) is 3.27. The molecule has 8 heteroatoms. The molecule has 0 aliphatic carbocycles. The molecule has 1 amide bonds. The molecule has 2 aromatic carbocycles. The van der Waals surface area contributed by atoms with Crippen LogP contribution in [-0.2, 0) is 11.3 Å². The molecule has 32 heavy (non-hydrogen) atoms. The smallest absolute Gasteiger partial charge is 0.257 e. The fourth-order valence-corrected chi connectivity index (χ4v) is 3.93. The molecule has 1 saturated heterocycles. The maximum atomic E-state index is 12.7. The molecule has 4 aromatic rings. The van der Waals surface area contributed by atoms with Gasteiger partial charge in [-0.05, 0) is 55.5 Å². The molecule has 8 nitrogen and oxygen atoms in total.